The van der Waals surface area contributed by atoms with Crippen molar-refractivity contribution in [1.82, 2.24) is 20.6 Å². The van der Waals surface area contributed by atoms with Crippen LogP contribution in [0.4, 0.5) is 11.8 Å². The van der Waals surface area contributed by atoms with E-state index in [4.69, 9.17) is 9.97 Å². The highest BCUT2D eigenvalue weighted by Crippen LogP contribution is 2.30. The van der Waals surface area contributed by atoms with E-state index in [1.165, 1.54) is 24.1 Å². The highest BCUT2D eigenvalue weighted by molar-refractivity contribution is 6.07. The molecule has 6 rings (SSSR count). The minimum Gasteiger partial charge on any atom is -0.362 e. The maximum atomic E-state index is 13.4. The van der Waals surface area contributed by atoms with Crippen molar-refractivity contribution in [3.8, 4) is 0 Å². The summed E-state index contributed by atoms with van der Waals surface area (Å²) in [5.41, 5.74) is 4.29. The fraction of sp³-hybridized carbons (Fsp3) is 0.389. The van der Waals surface area contributed by atoms with E-state index in [2.05, 4.69) is 39.0 Å². The van der Waals surface area contributed by atoms with Crippen molar-refractivity contribution in [2.75, 3.05) is 24.3 Å². The van der Waals surface area contributed by atoms with E-state index in [0.29, 0.717) is 17.1 Å². The van der Waals surface area contributed by atoms with Crippen LogP contribution in [-0.4, -0.2) is 48.0 Å². The Kier molecular flexibility index (Phi) is 8.77. The van der Waals surface area contributed by atoms with Gasteiger partial charge in [-0.15, -0.1) is 0 Å². The third-order valence-electron chi connectivity index (χ3n) is 9.03. The van der Waals surface area contributed by atoms with Gasteiger partial charge in [0.15, 0.2) is 0 Å². The van der Waals surface area contributed by atoms with Crippen LogP contribution in [0.5, 0.6) is 0 Å². The second-order valence-electron chi connectivity index (χ2n) is 12.4. The molecule has 1 fully saturated rings. The summed E-state index contributed by atoms with van der Waals surface area (Å²) in [6.07, 6.45) is 7.94. The quantitative estimate of drug-likeness (QED) is 0.225. The number of fused-ring (bicyclic) bond motifs is 2. The number of benzene rings is 3. The third kappa shape index (κ3) is 6.39. The lowest BCUT2D eigenvalue weighted by atomic mass is 9.91. The number of nitrogens with zero attached hydrogens (tertiary/aromatic N) is 3. The standard InChI is InChI=1S/C36H42N6O2/c1-23(27-17-10-12-24-11-4-5-13-28(24)27)37-34(43)29-14-6-7-15-30(29)35(44)38-25-19-21-26(22-20-25)39-36-40-32-18-9-8-16-31(32)33(41-36)42(2)3/h4-7,10-15,17,23,25-26H,8-9,16,18-22H2,1-3H3,(H,37,43)(H,38,44)(H,39,40,41)/t23-,25-,26+/m1/s1. The maximum Gasteiger partial charge on any atom is 0.252 e. The fourth-order valence-electron chi connectivity index (χ4n) is 6.70. The summed E-state index contributed by atoms with van der Waals surface area (Å²) in [6, 6.07) is 21.4. The first kappa shape index (κ1) is 29.6. The van der Waals surface area contributed by atoms with E-state index in [1.54, 1.807) is 24.3 Å². The summed E-state index contributed by atoms with van der Waals surface area (Å²) in [6.45, 7) is 1.98. The zero-order chi connectivity index (χ0) is 30.6. The summed E-state index contributed by atoms with van der Waals surface area (Å²) in [5, 5.41) is 12.1. The molecule has 1 saturated carbocycles. The maximum absolute atomic E-state index is 13.4. The van der Waals surface area contributed by atoms with Gasteiger partial charge in [0.2, 0.25) is 5.95 Å². The van der Waals surface area contributed by atoms with E-state index < -0.39 is 0 Å². The van der Waals surface area contributed by atoms with Crippen LogP contribution in [0.15, 0.2) is 66.7 Å². The third-order valence-corrected chi connectivity index (χ3v) is 9.03. The van der Waals surface area contributed by atoms with Gasteiger partial charge in [-0.1, -0.05) is 54.6 Å². The summed E-state index contributed by atoms with van der Waals surface area (Å²) in [5.74, 6) is 1.26. The Balaban J connectivity index is 1.07. The van der Waals surface area contributed by atoms with Gasteiger partial charge >= 0.3 is 0 Å². The van der Waals surface area contributed by atoms with Crippen molar-refractivity contribution in [2.24, 2.45) is 0 Å². The molecule has 3 N–H and O–H groups in total. The lowest BCUT2D eigenvalue weighted by Crippen LogP contribution is -2.41. The number of carbonyl (C=O) groups excluding carboxylic acids is 2. The number of aromatic nitrogens is 2. The molecule has 0 unspecified atom stereocenters. The van der Waals surface area contributed by atoms with Crippen molar-refractivity contribution < 1.29 is 9.59 Å². The summed E-state index contributed by atoms with van der Waals surface area (Å²) < 4.78 is 0. The topological polar surface area (TPSA) is 99.2 Å². The summed E-state index contributed by atoms with van der Waals surface area (Å²) in [7, 11) is 4.09. The van der Waals surface area contributed by atoms with Crippen molar-refractivity contribution in [3.63, 3.8) is 0 Å². The molecule has 44 heavy (non-hydrogen) atoms. The van der Waals surface area contributed by atoms with Gasteiger partial charge in [0.25, 0.3) is 11.8 Å². The van der Waals surface area contributed by atoms with Gasteiger partial charge in [-0.3, -0.25) is 9.59 Å². The molecule has 2 amide bonds. The number of carbonyl (C=O) groups is 2. The highest BCUT2D eigenvalue weighted by atomic mass is 16.2. The first-order valence-electron chi connectivity index (χ1n) is 15.9. The lowest BCUT2D eigenvalue weighted by molar-refractivity contribution is 0.0897. The molecular weight excluding hydrogens is 548 g/mol. The molecule has 1 heterocycles. The summed E-state index contributed by atoms with van der Waals surface area (Å²) >= 11 is 0. The molecule has 1 aromatic heterocycles. The predicted molar refractivity (Wildman–Crippen MR) is 176 cm³/mol. The molecule has 3 aromatic carbocycles. The molecule has 1 atom stereocenters. The summed E-state index contributed by atoms with van der Waals surface area (Å²) in [4.78, 5) is 38.7. The average molecular weight is 591 g/mol. The number of hydrogen-bond acceptors (Lipinski definition) is 6. The van der Waals surface area contributed by atoms with E-state index in [9.17, 15) is 9.59 Å². The molecule has 228 valence electrons. The molecule has 0 spiro atoms. The number of hydrogen-bond donors (Lipinski definition) is 3. The van der Waals surface area contributed by atoms with E-state index >= 15 is 0 Å². The Hall–Kier alpha value is -4.46. The van der Waals surface area contributed by atoms with Crippen LogP contribution in [0.25, 0.3) is 10.8 Å². The van der Waals surface area contributed by atoms with Crippen molar-refractivity contribution in [1.29, 1.82) is 0 Å². The Morgan fingerprint density at radius 2 is 1.45 bits per heavy atom. The van der Waals surface area contributed by atoms with Gasteiger partial charge in [-0.05, 0) is 86.8 Å². The molecule has 0 radical (unpaired) electrons. The van der Waals surface area contributed by atoms with Crippen LogP contribution in [0.2, 0.25) is 0 Å². The minimum absolute atomic E-state index is 0.0491. The zero-order valence-electron chi connectivity index (χ0n) is 25.9. The van der Waals surface area contributed by atoms with Crippen molar-refractivity contribution >= 4 is 34.4 Å². The van der Waals surface area contributed by atoms with Crippen LogP contribution in [0.1, 0.15) is 89.0 Å². The lowest BCUT2D eigenvalue weighted by Gasteiger charge is -2.30. The molecular formula is C36H42N6O2. The monoisotopic (exact) mass is 590 g/mol. The van der Waals surface area contributed by atoms with Crippen LogP contribution < -0.4 is 20.9 Å². The zero-order valence-corrected chi connectivity index (χ0v) is 25.9. The second kappa shape index (κ2) is 13.0. The van der Waals surface area contributed by atoms with E-state index in [0.717, 1.165) is 60.7 Å². The van der Waals surface area contributed by atoms with Gasteiger partial charge in [0.05, 0.1) is 22.9 Å². The van der Waals surface area contributed by atoms with E-state index in [1.807, 2.05) is 45.3 Å². The number of nitrogens with one attached hydrogen (secondary N) is 3. The molecule has 0 bridgehead atoms. The van der Waals surface area contributed by atoms with Gasteiger partial charge in [-0.25, -0.2) is 4.98 Å². The molecule has 2 aliphatic rings. The fourth-order valence-corrected chi connectivity index (χ4v) is 6.70. The molecule has 2 aliphatic carbocycles. The smallest absolute Gasteiger partial charge is 0.252 e. The van der Waals surface area contributed by atoms with Crippen molar-refractivity contribution in [2.45, 2.75) is 76.4 Å². The molecule has 0 saturated heterocycles. The number of anilines is 2. The van der Waals surface area contributed by atoms with Gasteiger partial charge in [0, 0.05) is 31.7 Å². The Morgan fingerprint density at radius 1 is 0.795 bits per heavy atom. The number of aryl methyl sites for hydroxylation is 1. The van der Waals surface area contributed by atoms with Crippen LogP contribution >= 0.6 is 0 Å². The average Bonchev–Trinajstić information content (AvgIpc) is 3.04. The molecule has 0 aliphatic heterocycles. The van der Waals surface area contributed by atoms with Gasteiger partial charge in [0.1, 0.15) is 5.82 Å². The molecule has 4 aromatic rings. The van der Waals surface area contributed by atoms with Gasteiger partial charge in [-0.2, -0.15) is 4.98 Å². The van der Waals surface area contributed by atoms with Gasteiger partial charge < -0.3 is 20.9 Å². The van der Waals surface area contributed by atoms with Crippen LogP contribution in [-0.2, 0) is 12.8 Å². The number of rotatable bonds is 8. The Bertz CT molecular complexity index is 1650. The minimum atomic E-state index is -0.258. The van der Waals surface area contributed by atoms with Crippen LogP contribution in [0.3, 0.4) is 0 Å². The number of amides is 2. The first-order valence-corrected chi connectivity index (χ1v) is 15.9. The first-order chi connectivity index (χ1) is 21.4. The highest BCUT2D eigenvalue weighted by Gasteiger charge is 2.26. The SMILES string of the molecule is C[C@@H](NC(=O)c1ccccc1C(=O)N[C@H]1CC[C@@H](Nc2nc3c(c(N(C)C)n2)CCCC3)CC1)c1cccc2ccccc12. The van der Waals surface area contributed by atoms with Crippen LogP contribution in [0, 0.1) is 0 Å². The largest absolute Gasteiger partial charge is 0.362 e. The normalized spacial score (nSPS) is 18.6. The Labute approximate surface area is 259 Å². The molecule has 8 heteroatoms. The second-order valence-corrected chi connectivity index (χ2v) is 12.4. The van der Waals surface area contributed by atoms with E-state index in [-0.39, 0.29) is 29.9 Å². The molecule has 8 nitrogen and oxygen atoms in total. The Morgan fingerprint density at radius 3 is 2.23 bits per heavy atom. The predicted octanol–water partition coefficient (Wildman–Crippen LogP) is 6.22. The van der Waals surface area contributed by atoms with Crippen molar-refractivity contribution in [3.05, 3.63) is 94.7 Å².